The minimum absolute atomic E-state index is 0.144. The number of hydrogen-bond donors (Lipinski definition) is 2. The van der Waals surface area contributed by atoms with E-state index in [1.165, 1.54) is 19.9 Å². The number of carbonyl (C=O) groups is 3. The van der Waals surface area contributed by atoms with E-state index >= 15 is 0 Å². The molecule has 1 aliphatic carbocycles. The number of aliphatic hydroxyl groups is 2. The summed E-state index contributed by atoms with van der Waals surface area (Å²) in [7, 11) is 0. The minimum Gasteiger partial charge on any atom is -0.458 e. The molecule has 0 amide bonds. The third-order valence-corrected chi connectivity index (χ3v) is 5.17. The molecule has 0 unspecified atom stereocenters. The third-order valence-electron chi connectivity index (χ3n) is 5.17. The second kappa shape index (κ2) is 10.4. The highest BCUT2D eigenvalue weighted by Crippen LogP contribution is 2.36. The molecule has 2 rings (SSSR count). The Hall–Kier alpha value is -2.71. The molecule has 8 nitrogen and oxygen atoms in total. The first-order valence-corrected chi connectivity index (χ1v) is 9.70. The molecular weight excluding hydrogens is 392 g/mol. The van der Waals surface area contributed by atoms with Gasteiger partial charge < -0.3 is 24.4 Å². The van der Waals surface area contributed by atoms with Gasteiger partial charge in [0.25, 0.3) is 0 Å². The van der Waals surface area contributed by atoms with Crippen molar-refractivity contribution in [2.24, 2.45) is 5.92 Å². The van der Waals surface area contributed by atoms with Crippen LogP contribution in [0.3, 0.4) is 0 Å². The fraction of sp³-hybridized carbons (Fsp3) is 0.500. The zero-order valence-electron chi connectivity index (χ0n) is 17.4. The van der Waals surface area contributed by atoms with Gasteiger partial charge in [0.15, 0.2) is 0 Å². The van der Waals surface area contributed by atoms with E-state index in [0.29, 0.717) is 17.6 Å². The summed E-state index contributed by atoms with van der Waals surface area (Å²) in [4.78, 5) is 36.2. The molecular formula is C22H28O8. The standard InChI is InChI=1S/C22H28O8/c1-12(7-8-23)21(26)29-19-10-16(11-24)5-6-17(28-15(4)25)13(2)9-18-20(19)14(3)22(27)30-18/h5,7,9,17-20,23-24H,3,6,8,10-11H2,1-2,4H3/t17-,18+,19+,20-/m0/s1. The Labute approximate surface area is 175 Å². The zero-order valence-corrected chi connectivity index (χ0v) is 17.4. The van der Waals surface area contributed by atoms with Crippen molar-refractivity contribution < 1.29 is 38.8 Å². The van der Waals surface area contributed by atoms with Crippen LogP contribution in [-0.2, 0) is 28.6 Å². The SMILES string of the molecule is C=C1C(=O)O[C@@H]2C=C(C)[C@@H](OC(C)=O)CC=C(CO)C[C@@H](OC(=O)C(C)=CCO)[C@@H]12. The molecule has 0 saturated carbocycles. The number of esters is 3. The monoisotopic (exact) mass is 420 g/mol. The Morgan fingerprint density at radius 3 is 2.60 bits per heavy atom. The molecule has 1 heterocycles. The molecule has 2 N–H and O–H groups in total. The second-order valence-corrected chi connectivity index (χ2v) is 7.40. The van der Waals surface area contributed by atoms with Gasteiger partial charge in [-0.25, -0.2) is 9.59 Å². The average Bonchev–Trinajstić information content (AvgIpc) is 2.95. The van der Waals surface area contributed by atoms with Crippen molar-refractivity contribution in [3.63, 3.8) is 0 Å². The van der Waals surface area contributed by atoms with Crippen molar-refractivity contribution in [2.45, 2.75) is 51.9 Å². The van der Waals surface area contributed by atoms with Gasteiger partial charge in [-0.1, -0.05) is 12.7 Å². The van der Waals surface area contributed by atoms with Gasteiger partial charge in [-0.15, -0.1) is 0 Å². The normalized spacial score (nSPS) is 27.4. The summed E-state index contributed by atoms with van der Waals surface area (Å²) in [5.74, 6) is -2.38. The van der Waals surface area contributed by atoms with Gasteiger partial charge in [0, 0.05) is 30.9 Å². The predicted molar refractivity (Wildman–Crippen MR) is 107 cm³/mol. The molecule has 0 radical (unpaired) electrons. The molecule has 0 aromatic carbocycles. The molecule has 1 aliphatic heterocycles. The smallest absolute Gasteiger partial charge is 0.334 e. The number of fused-ring (bicyclic) bond motifs is 1. The number of ether oxygens (including phenoxy) is 3. The molecule has 0 spiro atoms. The molecule has 30 heavy (non-hydrogen) atoms. The Kier molecular flexibility index (Phi) is 8.14. The maximum absolute atomic E-state index is 12.5. The fourth-order valence-electron chi connectivity index (χ4n) is 3.51. The van der Waals surface area contributed by atoms with Gasteiger partial charge in [0.05, 0.1) is 19.1 Å². The molecule has 0 aromatic heterocycles. The molecule has 164 valence electrons. The van der Waals surface area contributed by atoms with Crippen molar-refractivity contribution in [3.8, 4) is 0 Å². The molecule has 8 heteroatoms. The van der Waals surface area contributed by atoms with Crippen LogP contribution in [0.4, 0.5) is 0 Å². The highest BCUT2D eigenvalue weighted by Gasteiger charge is 2.45. The Bertz CT molecular complexity index is 804. The van der Waals surface area contributed by atoms with Gasteiger partial charge >= 0.3 is 17.9 Å². The van der Waals surface area contributed by atoms with E-state index in [-0.39, 0.29) is 30.8 Å². The largest absolute Gasteiger partial charge is 0.458 e. The number of rotatable bonds is 5. The van der Waals surface area contributed by atoms with Crippen molar-refractivity contribution in [1.29, 1.82) is 0 Å². The second-order valence-electron chi connectivity index (χ2n) is 7.40. The Morgan fingerprint density at radius 1 is 1.30 bits per heavy atom. The minimum atomic E-state index is -0.823. The van der Waals surface area contributed by atoms with Crippen LogP contribution in [0.2, 0.25) is 0 Å². The van der Waals surface area contributed by atoms with Gasteiger partial charge in [0.2, 0.25) is 0 Å². The van der Waals surface area contributed by atoms with Crippen LogP contribution in [0.15, 0.2) is 47.1 Å². The van der Waals surface area contributed by atoms with E-state index in [2.05, 4.69) is 6.58 Å². The molecule has 1 fully saturated rings. The van der Waals surface area contributed by atoms with E-state index in [4.69, 9.17) is 19.3 Å². The van der Waals surface area contributed by atoms with Crippen LogP contribution in [0.5, 0.6) is 0 Å². The van der Waals surface area contributed by atoms with Gasteiger partial charge in [-0.05, 0) is 37.1 Å². The van der Waals surface area contributed by atoms with Crippen molar-refractivity contribution in [2.75, 3.05) is 13.2 Å². The lowest BCUT2D eigenvalue weighted by molar-refractivity contribution is -0.148. The Balaban J connectivity index is 2.46. The van der Waals surface area contributed by atoms with Crippen LogP contribution in [0, 0.1) is 5.92 Å². The van der Waals surface area contributed by atoms with Crippen LogP contribution in [-0.4, -0.2) is 59.6 Å². The third kappa shape index (κ3) is 5.67. The van der Waals surface area contributed by atoms with Gasteiger partial charge in [-0.2, -0.15) is 0 Å². The van der Waals surface area contributed by atoms with Crippen LogP contribution >= 0.6 is 0 Å². The summed E-state index contributed by atoms with van der Waals surface area (Å²) in [6.07, 6.45) is 3.04. The quantitative estimate of drug-likeness (QED) is 0.297. The van der Waals surface area contributed by atoms with Crippen LogP contribution in [0.25, 0.3) is 0 Å². The fourth-order valence-corrected chi connectivity index (χ4v) is 3.51. The van der Waals surface area contributed by atoms with Crippen molar-refractivity contribution in [1.82, 2.24) is 0 Å². The lowest BCUT2D eigenvalue weighted by Crippen LogP contribution is -2.34. The first kappa shape index (κ1) is 23.6. The highest BCUT2D eigenvalue weighted by molar-refractivity contribution is 5.92. The lowest BCUT2D eigenvalue weighted by atomic mass is 9.85. The molecule has 4 atom stereocenters. The molecule has 0 aromatic rings. The maximum Gasteiger partial charge on any atom is 0.334 e. The predicted octanol–water partition coefficient (Wildman–Crippen LogP) is 1.53. The first-order valence-electron chi connectivity index (χ1n) is 9.70. The van der Waals surface area contributed by atoms with E-state index in [9.17, 15) is 19.5 Å². The Morgan fingerprint density at radius 2 is 2.00 bits per heavy atom. The summed E-state index contributed by atoms with van der Waals surface area (Å²) in [5, 5.41) is 18.8. The summed E-state index contributed by atoms with van der Waals surface area (Å²) in [5.41, 5.74) is 1.61. The maximum atomic E-state index is 12.5. The van der Waals surface area contributed by atoms with E-state index < -0.39 is 42.1 Å². The summed E-state index contributed by atoms with van der Waals surface area (Å²) >= 11 is 0. The van der Waals surface area contributed by atoms with Crippen molar-refractivity contribution >= 4 is 17.9 Å². The average molecular weight is 420 g/mol. The van der Waals surface area contributed by atoms with E-state index in [1.54, 1.807) is 19.1 Å². The molecule has 2 aliphatic rings. The molecule has 0 bridgehead atoms. The number of hydrogen-bond acceptors (Lipinski definition) is 8. The number of aliphatic hydroxyl groups excluding tert-OH is 2. The van der Waals surface area contributed by atoms with E-state index in [1.807, 2.05) is 0 Å². The number of carbonyl (C=O) groups excluding carboxylic acids is 3. The lowest BCUT2D eigenvalue weighted by Gasteiger charge is -2.29. The van der Waals surface area contributed by atoms with Crippen LogP contribution in [0.1, 0.15) is 33.6 Å². The highest BCUT2D eigenvalue weighted by atomic mass is 16.6. The van der Waals surface area contributed by atoms with Gasteiger partial charge in [-0.3, -0.25) is 4.79 Å². The first-order chi connectivity index (χ1) is 14.2. The summed E-state index contributed by atoms with van der Waals surface area (Å²) in [6, 6.07) is 0. The van der Waals surface area contributed by atoms with E-state index in [0.717, 1.165) is 0 Å². The van der Waals surface area contributed by atoms with Crippen molar-refractivity contribution in [3.05, 3.63) is 47.1 Å². The zero-order chi connectivity index (χ0) is 22.4. The molecule has 1 saturated heterocycles. The van der Waals surface area contributed by atoms with Crippen LogP contribution < -0.4 is 0 Å². The summed E-state index contributed by atoms with van der Waals surface area (Å²) < 4.78 is 16.5. The van der Waals surface area contributed by atoms with Gasteiger partial charge in [0.1, 0.15) is 18.3 Å². The topological polar surface area (TPSA) is 119 Å². The summed E-state index contributed by atoms with van der Waals surface area (Å²) in [6.45, 7) is 7.77.